The molecular formula is C10H13FN2O2. The largest absolute Gasteiger partial charge is 0.468 e. The minimum absolute atomic E-state index is 0.0601. The number of ether oxygens (including phenoxy) is 1. The Labute approximate surface area is 87.2 Å². The van der Waals surface area contributed by atoms with E-state index in [2.05, 4.69) is 10.1 Å². The summed E-state index contributed by atoms with van der Waals surface area (Å²) >= 11 is 0. The van der Waals surface area contributed by atoms with Crippen molar-refractivity contribution in [1.82, 2.24) is 0 Å². The normalized spacial score (nSPS) is 9.80. The Morgan fingerprint density at radius 1 is 1.60 bits per heavy atom. The van der Waals surface area contributed by atoms with Crippen molar-refractivity contribution in [3.63, 3.8) is 0 Å². The maximum Gasteiger partial charge on any atom is 0.325 e. The van der Waals surface area contributed by atoms with Gasteiger partial charge in [-0.15, -0.1) is 0 Å². The first-order valence-electron chi connectivity index (χ1n) is 4.46. The third-order valence-electron chi connectivity index (χ3n) is 1.92. The molecule has 1 aromatic rings. The first-order chi connectivity index (χ1) is 7.17. The van der Waals surface area contributed by atoms with Gasteiger partial charge in [0.2, 0.25) is 0 Å². The van der Waals surface area contributed by atoms with Gasteiger partial charge in [-0.3, -0.25) is 4.79 Å². The number of carbonyl (C=O) groups excluding carboxylic acids is 1. The van der Waals surface area contributed by atoms with Crippen molar-refractivity contribution in [3.8, 4) is 0 Å². The number of halogens is 1. The van der Waals surface area contributed by atoms with Crippen molar-refractivity contribution in [2.45, 2.75) is 6.54 Å². The van der Waals surface area contributed by atoms with E-state index in [-0.39, 0.29) is 18.8 Å². The van der Waals surface area contributed by atoms with E-state index in [1.54, 1.807) is 12.1 Å². The van der Waals surface area contributed by atoms with E-state index in [9.17, 15) is 9.18 Å². The quantitative estimate of drug-likeness (QED) is 0.727. The molecule has 0 saturated carbocycles. The summed E-state index contributed by atoms with van der Waals surface area (Å²) < 4.78 is 17.7. The Hall–Kier alpha value is -1.62. The highest BCUT2D eigenvalue weighted by molar-refractivity contribution is 5.74. The van der Waals surface area contributed by atoms with E-state index >= 15 is 0 Å². The lowest BCUT2D eigenvalue weighted by Gasteiger charge is -2.07. The molecule has 3 N–H and O–H groups in total. The van der Waals surface area contributed by atoms with Crippen LogP contribution in [0.1, 0.15) is 5.56 Å². The second kappa shape index (κ2) is 5.31. The van der Waals surface area contributed by atoms with Crippen LogP contribution in [-0.2, 0) is 16.1 Å². The number of methoxy groups -OCH3 is 1. The molecule has 0 aromatic heterocycles. The number of hydrogen-bond donors (Lipinski definition) is 2. The molecule has 4 nitrogen and oxygen atoms in total. The lowest BCUT2D eigenvalue weighted by Crippen LogP contribution is -2.15. The second-order valence-corrected chi connectivity index (χ2v) is 2.95. The van der Waals surface area contributed by atoms with Gasteiger partial charge in [0, 0.05) is 6.54 Å². The first kappa shape index (κ1) is 11.5. The summed E-state index contributed by atoms with van der Waals surface area (Å²) in [4.78, 5) is 10.8. The van der Waals surface area contributed by atoms with Crippen molar-refractivity contribution in [1.29, 1.82) is 0 Å². The molecule has 0 atom stereocenters. The summed E-state index contributed by atoms with van der Waals surface area (Å²) in [5, 5.41) is 2.62. The molecule has 0 heterocycles. The van der Waals surface area contributed by atoms with Crippen LogP contribution in [0, 0.1) is 5.82 Å². The average Bonchev–Trinajstić information content (AvgIpc) is 2.26. The van der Waals surface area contributed by atoms with Crippen molar-refractivity contribution in [2.24, 2.45) is 5.73 Å². The van der Waals surface area contributed by atoms with Crippen LogP contribution >= 0.6 is 0 Å². The minimum atomic E-state index is -0.447. The van der Waals surface area contributed by atoms with Crippen LogP contribution in [0.3, 0.4) is 0 Å². The molecule has 0 bridgehead atoms. The number of esters is 1. The Bertz CT molecular complexity index is 355. The number of rotatable bonds is 4. The highest BCUT2D eigenvalue weighted by atomic mass is 19.1. The topological polar surface area (TPSA) is 64.3 Å². The second-order valence-electron chi connectivity index (χ2n) is 2.95. The lowest BCUT2D eigenvalue weighted by atomic mass is 10.2. The fraction of sp³-hybridized carbons (Fsp3) is 0.300. The van der Waals surface area contributed by atoms with E-state index in [1.165, 1.54) is 13.2 Å². The van der Waals surface area contributed by atoms with Crippen LogP contribution in [0.4, 0.5) is 10.1 Å². The van der Waals surface area contributed by atoms with Gasteiger partial charge in [0.1, 0.15) is 12.4 Å². The predicted molar refractivity (Wildman–Crippen MR) is 54.8 cm³/mol. The van der Waals surface area contributed by atoms with E-state index < -0.39 is 11.8 Å². The molecule has 0 radical (unpaired) electrons. The van der Waals surface area contributed by atoms with Gasteiger partial charge < -0.3 is 15.8 Å². The molecule has 0 fully saturated rings. The Morgan fingerprint density at radius 3 is 2.87 bits per heavy atom. The Morgan fingerprint density at radius 2 is 2.33 bits per heavy atom. The Kier molecular flexibility index (Phi) is 4.05. The highest BCUT2D eigenvalue weighted by Crippen LogP contribution is 2.15. The fourth-order valence-corrected chi connectivity index (χ4v) is 1.07. The predicted octanol–water partition coefficient (Wildman–Crippen LogP) is 0.869. The van der Waals surface area contributed by atoms with Crippen LogP contribution in [0.25, 0.3) is 0 Å². The number of nitrogens with two attached hydrogens (primary N) is 1. The van der Waals surface area contributed by atoms with Crippen LogP contribution in [-0.4, -0.2) is 19.6 Å². The molecule has 0 unspecified atom stereocenters. The van der Waals surface area contributed by atoms with E-state index in [0.29, 0.717) is 5.56 Å². The third kappa shape index (κ3) is 3.21. The van der Waals surface area contributed by atoms with Gasteiger partial charge in [0.15, 0.2) is 0 Å². The molecule has 5 heteroatoms. The van der Waals surface area contributed by atoms with Gasteiger partial charge in [-0.25, -0.2) is 4.39 Å². The number of benzene rings is 1. The zero-order chi connectivity index (χ0) is 11.3. The monoisotopic (exact) mass is 212 g/mol. The number of carbonyl (C=O) groups is 1. The van der Waals surface area contributed by atoms with Crippen LogP contribution < -0.4 is 11.1 Å². The van der Waals surface area contributed by atoms with Gasteiger partial charge in [0.25, 0.3) is 0 Å². The van der Waals surface area contributed by atoms with Gasteiger partial charge in [-0.05, 0) is 17.7 Å². The van der Waals surface area contributed by atoms with Gasteiger partial charge in [0.05, 0.1) is 12.8 Å². The maximum atomic E-state index is 13.3. The molecule has 0 spiro atoms. The summed E-state index contributed by atoms with van der Waals surface area (Å²) in [6, 6.07) is 4.57. The molecule has 0 aliphatic heterocycles. The van der Waals surface area contributed by atoms with Crippen LogP contribution in [0.15, 0.2) is 18.2 Å². The highest BCUT2D eigenvalue weighted by Gasteiger charge is 2.05. The van der Waals surface area contributed by atoms with Gasteiger partial charge >= 0.3 is 5.97 Å². The molecule has 1 rings (SSSR count). The van der Waals surface area contributed by atoms with Crippen molar-refractivity contribution in [2.75, 3.05) is 19.0 Å². The maximum absolute atomic E-state index is 13.3. The van der Waals surface area contributed by atoms with Crippen molar-refractivity contribution >= 4 is 11.7 Å². The van der Waals surface area contributed by atoms with Crippen LogP contribution in [0.2, 0.25) is 0 Å². The summed E-state index contributed by atoms with van der Waals surface area (Å²) in [5.41, 5.74) is 6.32. The van der Waals surface area contributed by atoms with Crippen molar-refractivity contribution in [3.05, 3.63) is 29.6 Å². The van der Waals surface area contributed by atoms with Gasteiger partial charge in [-0.1, -0.05) is 6.07 Å². The molecular weight excluding hydrogens is 199 g/mol. The molecule has 0 aliphatic rings. The summed E-state index contributed by atoms with van der Waals surface area (Å²) in [6.45, 7) is 0.226. The fourth-order valence-electron chi connectivity index (χ4n) is 1.07. The number of nitrogens with one attached hydrogen (secondary N) is 1. The zero-order valence-electron chi connectivity index (χ0n) is 8.42. The summed E-state index contributed by atoms with van der Waals surface area (Å²) in [7, 11) is 1.28. The molecule has 82 valence electrons. The van der Waals surface area contributed by atoms with E-state index in [0.717, 1.165) is 0 Å². The van der Waals surface area contributed by atoms with Crippen LogP contribution in [0.5, 0.6) is 0 Å². The Balaban J connectivity index is 2.66. The minimum Gasteiger partial charge on any atom is -0.468 e. The first-order valence-corrected chi connectivity index (χ1v) is 4.46. The number of anilines is 1. The summed E-state index contributed by atoms with van der Waals surface area (Å²) in [5.74, 6) is -0.876. The van der Waals surface area contributed by atoms with Gasteiger partial charge in [-0.2, -0.15) is 0 Å². The van der Waals surface area contributed by atoms with E-state index in [1.807, 2.05) is 0 Å². The molecule has 0 aliphatic carbocycles. The summed E-state index contributed by atoms with van der Waals surface area (Å²) in [6.07, 6.45) is 0. The third-order valence-corrected chi connectivity index (χ3v) is 1.92. The average molecular weight is 212 g/mol. The zero-order valence-corrected chi connectivity index (χ0v) is 8.42. The lowest BCUT2D eigenvalue weighted by molar-refractivity contribution is -0.138. The SMILES string of the molecule is COC(=O)CNc1ccc(CN)cc1F. The molecule has 0 amide bonds. The standard InChI is InChI=1S/C10H13FN2O2/c1-15-10(14)6-13-9-3-2-7(5-12)4-8(9)11/h2-4,13H,5-6,12H2,1H3. The molecule has 15 heavy (non-hydrogen) atoms. The van der Waals surface area contributed by atoms with E-state index in [4.69, 9.17) is 5.73 Å². The van der Waals surface area contributed by atoms with Crippen molar-refractivity contribution < 1.29 is 13.9 Å². The smallest absolute Gasteiger partial charge is 0.325 e. The number of hydrogen-bond acceptors (Lipinski definition) is 4. The molecule has 1 aromatic carbocycles. The molecule has 0 saturated heterocycles.